The first-order valence-corrected chi connectivity index (χ1v) is 9.39. The molecule has 8 nitrogen and oxygen atoms in total. The Labute approximate surface area is 165 Å². The number of amides is 2. The molecule has 0 fully saturated rings. The molecule has 2 amide bonds. The highest BCUT2D eigenvalue weighted by Gasteiger charge is 2.05. The Balaban J connectivity index is 2.17. The van der Waals surface area contributed by atoms with Crippen LogP contribution in [-0.4, -0.2) is 57.2 Å². The SMILES string of the molecule is CCCCOCCOCC(=O)NCc1ccc(NC(=O)COCC(C)=O)cc1. The Kier molecular flexibility index (Phi) is 12.5. The second-order valence-corrected chi connectivity index (χ2v) is 6.24. The average Bonchev–Trinajstić information content (AvgIpc) is 2.66. The summed E-state index contributed by atoms with van der Waals surface area (Å²) in [5, 5.41) is 5.43. The van der Waals surface area contributed by atoms with E-state index in [9.17, 15) is 14.4 Å². The van der Waals surface area contributed by atoms with Gasteiger partial charge in [0.15, 0.2) is 5.78 Å². The maximum absolute atomic E-state index is 11.7. The molecule has 1 aromatic carbocycles. The average molecular weight is 394 g/mol. The summed E-state index contributed by atoms with van der Waals surface area (Å²) in [6.07, 6.45) is 2.11. The Morgan fingerprint density at radius 1 is 0.857 bits per heavy atom. The second kappa shape index (κ2) is 14.7. The molecular formula is C20H30N2O6. The van der Waals surface area contributed by atoms with Crippen LogP contribution in [0.15, 0.2) is 24.3 Å². The summed E-state index contributed by atoms with van der Waals surface area (Å²) in [5.74, 6) is -0.670. The van der Waals surface area contributed by atoms with Gasteiger partial charge in [0.25, 0.3) is 0 Å². The molecule has 28 heavy (non-hydrogen) atoms. The number of hydrogen-bond donors (Lipinski definition) is 2. The van der Waals surface area contributed by atoms with E-state index in [0.717, 1.165) is 18.4 Å². The van der Waals surface area contributed by atoms with Gasteiger partial charge in [0, 0.05) is 18.8 Å². The largest absolute Gasteiger partial charge is 0.379 e. The van der Waals surface area contributed by atoms with Crippen molar-refractivity contribution in [2.45, 2.75) is 33.2 Å². The van der Waals surface area contributed by atoms with E-state index in [2.05, 4.69) is 17.6 Å². The molecule has 0 radical (unpaired) electrons. The molecule has 0 aliphatic rings. The molecule has 0 aromatic heterocycles. The third-order valence-corrected chi connectivity index (χ3v) is 3.51. The lowest BCUT2D eigenvalue weighted by molar-refractivity contribution is -0.127. The second-order valence-electron chi connectivity index (χ2n) is 6.24. The third-order valence-electron chi connectivity index (χ3n) is 3.51. The van der Waals surface area contributed by atoms with E-state index in [-0.39, 0.29) is 37.4 Å². The first-order valence-electron chi connectivity index (χ1n) is 9.39. The molecule has 2 N–H and O–H groups in total. The predicted octanol–water partition coefficient (Wildman–Crippen LogP) is 1.68. The summed E-state index contributed by atoms with van der Waals surface area (Å²) in [7, 11) is 0. The van der Waals surface area contributed by atoms with Crippen LogP contribution in [0, 0.1) is 0 Å². The standard InChI is InChI=1S/C20H30N2O6/c1-3-4-9-26-10-11-27-14-19(24)21-12-17-5-7-18(8-6-17)22-20(25)15-28-13-16(2)23/h5-8H,3-4,9-15H2,1-2H3,(H,21,24)(H,22,25). The van der Waals surface area contributed by atoms with Gasteiger partial charge in [-0.25, -0.2) is 0 Å². The van der Waals surface area contributed by atoms with E-state index in [1.807, 2.05) is 0 Å². The number of nitrogens with one attached hydrogen (secondary N) is 2. The van der Waals surface area contributed by atoms with Crippen molar-refractivity contribution in [2.24, 2.45) is 0 Å². The number of carbonyl (C=O) groups excluding carboxylic acids is 3. The lowest BCUT2D eigenvalue weighted by Crippen LogP contribution is -2.27. The molecule has 0 unspecified atom stereocenters. The molecule has 0 aliphatic carbocycles. The molecule has 0 saturated heterocycles. The first kappa shape index (κ1) is 23.7. The van der Waals surface area contributed by atoms with E-state index in [1.165, 1.54) is 6.92 Å². The minimum absolute atomic E-state index is 0.00839. The quantitative estimate of drug-likeness (QED) is 0.439. The van der Waals surface area contributed by atoms with E-state index in [1.54, 1.807) is 24.3 Å². The molecule has 0 bridgehead atoms. The van der Waals surface area contributed by atoms with Crippen LogP contribution in [0.25, 0.3) is 0 Å². The number of unbranched alkanes of at least 4 members (excludes halogenated alkanes) is 1. The fourth-order valence-corrected chi connectivity index (χ4v) is 2.07. The molecular weight excluding hydrogens is 364 g/mol. The number of Topliss-reactive ketones (excluding diaryl/α,β-unsaturated/α-hetero) is 1. The zero-order chi connectivity index (χ0) is 20.6. The molecule has 0 saturated carbocycles. The number of ether oxygens (including phenoxy) is 3. The number of hydrogen-bond acceptors (Lipinski definition) is 6. The summed E-state index contributed by atoms with van der Waals surface area (Å²) >= 11 is 0. The number of benzene rings is 1. The van der Waals surface area contributed by atoms with Gasteiger partial charge in [0.1, 0.15) is 19.8 Å². The molecule has 1 rings (SSSR count). The lowest BCUT2D eigenvalue weighted by Gasteiger charge is -2.09. The van der Waals surface area contributed by atoms with Gasteiger partial charge in [-0.2, -0.15) is 0 Å². The molecule has 0 spiro atoms. The van der Waals surface area contributed by atoms with E-state index >= 15 is 0 Å². The van der Waals surface area contributed by atoms with Gasteiger partial charge >= 0.3 is 0 Å². The van der Waals surface area contributed by atoms with Crippen molar-refractivity contribution in [3.05, 3.63) is 29.8 Å². The normalized spacial score (nSPS) is 10.5. The maximum atomic E-state index is 11.7. The van der Waals surface area contributed by atoms with Crippen LogP contribution in [0.1, 0.15) is 32.3 Å². The van der Waals surface area contributed by atoms with Gasteiger partial charge in [-0.3, -0.25) is 14.4 Å². The van der Waals surface area contributed by atoms with E-state index in [0.29, 0.717) is 32.1 Å². The van der Waals surface area contributed by atoms with Crippen LogP contribution in [0.2, 0.25) is 0 Å². The Morgan fingerprint density at radius 3 is 2.21 bits per heavy atom. The van der Waals surface area contributed by atoms with Crippen molar-refractivity contribution in [3.63, 3.8) is 0 Å². The van der Waals surface area contributed by atoms with Gasteiger partial charge in [0.05, 0.1) is 13.2 Å². The number of anilines is 1. The highest BCUT2D eigenvalue weighted by Crippen LogP contribution is 2.09. The monoisotopic (exact) mass is 394 g/mol. The van der Waals surface area contributed by atoms with Crippen molar-refractivity contribution in [2.75, 3.05) is 45.0 Å². The number of rotatable bonds is 15. The number of ketones is 1. The van der Waals surface area contributed by atoms with Crippen molar-refractivity contribution in [3.8, 4) is 0 Å². The fourth-order valence-electron chi connectivity index (χ4n) is 2.07. The molecule has 0 heterocycles. The molecule has 0 atom stereocenters. The van der Waals surface area contributed by atoms with Crippen molar-refractivity contribution >= 4 is 23.3 Å². The predicted molar refractivity (Wildman–Crippen MR) is 105 cm³/mol. The topological polar surface area (TPSA) is 103 Å². The Hall–Kier alpha value is -2.29. The summed E-state index contributed by atoms with van der Waals surface area (Å²) < 4.78 is 15.6. The van der Waals surface area contributed by atoms with Crippen LogP contribution in [0.5, 0.6) is 0 Å². The third kappa shape index (κ3) is 12.2. The van der Waals surface area contributed by atoms with Gasteiger partial charge in [0.2, 0.25) is 11.8 Å². The zero-order valence-corrected chi connectivity index (χ0v) is 16.6. The minimum atomic E-state index is -0.335. The van der Waals surface area contributed by atoms with Crippen LogP contribution in [0.3, 0.4) is 0 Å². The van der Waals surface area contributed by atoms with Crippen molar-refractivity contribution < 1.29 is 28.6 Å². The van der Waals surface area contributed by atoms with Gasteiger partial charge in [-0.05, 0) is 31.0 Å². The van der Waals surface area contributed by atoms with Crippen LogP contribution >= 0.6 is 0 Å². The Morgan fingerprint density at radius 2 is 1.54 bits per heavy atom. The minimum Gasteiger partial charge on any atom is -0.379 e. The highest BCUT2D eigenvalue weighted by atomic mass is 16.5. The summed E-state index contributed by atoms with van der Waals surface area (Å²) in [5.41, 5.74) is 1.50. The molecule has 8 heteroatoms. The maximum Gasteiger partial charge on any atom is 0.250 e. The highest BCUT2D eigenvalue weighted by molar-refractivity contribution is 5.91. The van der Waals surface area contributed by atoms with E-state index < -0.39 is 0 Å². The lowest BCUT2D eigenvalue weighted by atomic mass is 10.2. The Bertz CT molecular complexity index is 603. The van der Waals surface area contributed by atoms with Crippen LogP contribution < -0.4 is 10.6 Å². The zero-order valence-electron chi connectivity index (χ0n) is 16.6. The molecule has 0 aliphatic heterocycles. The fraction of sp³-hybridized carbons (Fsp3) is 0.550. The van der Waals surface area contributed by atoms with Gasteiger partial charge in [-0.1, -0.05) is 25.5 Å². The smallest absolute Gasteiger partial charge is 0.250 e. The van der Waals surface area contributed by atoms with Gasteiger partial charge < -0.3 is 24.8 Å². The van der Waals surface area contributed by atoms with Crippen LogP contribution in [0.4, 0.5) is 5.69 Å². The summed E-state index contributed by atoms with van der Waals surface area (Å²) in [6.45, 7) is 5.18. The molecule has 156 valence electrons. The van der Waals surface area contributed by atoms with E-state index in [4.69, 9.17) is 14.2 Å². The summed E-state index contributed by atoms with van der Waals surface area (Å²) in [6, 6.07) is 7.06. The van der Waals surface area contributed by atoms with Crippen molar-refractivity contribution in [1.82, 2.24) is 5.32 Å². The van der Waals surface area contributed by atoms with Gasteiger partial charge in [-0.15, -0.1) is 0 Å². The molecule has 1 aromatic rings. The van der Waals surface area contributed by atoms with Crippen LogP contribution in [-0.2, 0) is 35.1 Å². The summed E-state index contributed by atoms with van der Waals surface area (Å²) in [4.78, 5) is 34.2. The van der Waals surface area contributed by atoms with Crippen molar-refractivity contribution in [1.29, 1.82) is 0 Å². The number of carbonyl (C=O) groups is 3. The first-order chi connectivity index (χ1) is 13.5.